The minimum atomic E-state index is -2.15. The Hall–Kier alpha value is -1.96. The van der Waals surface area contributed by atoms with E-state index in [9.17, 15) is 0 Å². The fourth-order valence-corrected chi connectivity index (χ4v) is 28.1. The molecular weight excluding hydrogens is 671 g/mol. The van der Waals surface area contributed by atoms with Gasteiger partial charge in [0.25, 0.3) is 0 Å². The van der Waals surface area contributed by atoms with Crippen LogP contribution in [-0.4, -0.2) is 5.43 Å². The zero-order valence-electron chi connectivity index (χ0n) is 27.3. The van der Waals surface area contributed by atoms with Crippen LogP contribution in [-0.2, 0) is 25.8 Å². The zero-order chi connectivity index (χ0) is 29.8. The van der Waals surface area contributed by atoms with Gasteiger partial charge >= 0.3 is 263 Å². The predicted octanol–water partition coefficient (Wildman–Crippen LogP) is 5.45. The molecule has 0 heterocycles. The van der Waals surface area contributed by atoms with Crippen molar-refractivity contribution in [2.75, 3.05) is 0 Å². The summed E-state index contributed by atoms with van der Waals surface area (Å²) in [4.78, 5) is 0. The van der Waals surface area contributed by atoms with E-state index in [1.807, 2.05) is 0 Å². The first-order chi connectivity index (χ1) is 20.1. The second-order valence-corrected chi connectivity index (χ2v) is 31.7. The molecule has 44 heavy (non-hydrogen) atoms. The largest absolute Gasteiger partial charge is 1.00 e. The zero-order valence-corrected chi connectivity index (χ0v) is 32.3. The number of halogens is 2. The molecule has 4 aromatic carbocycles. The molecule has 2 aliphatic rings. The van der Waals surface area contributed by atoms with Gasteiger partial charge in [-0.1, -0.05) is 0 Å². The van der Waals surface area contributed by atoms with E-state index in [0.717, 1.165) is 0 Å². The third-order valence-corrected chi connectivity index (χ3v) is 29.0. The van der Waals surface area contributed by atoms with Crippen LogP contribution in [0.4, 0.5) is 0 Å². The Bertz CT molecular complexity index is 1750. The van der Waals surface area contributed by atoms with Crippen molar-refractivity contribution in [2.24, 2.45) is 5.92 Å². The second kappa shape index (κ2) is 13.8. The van der Waals surface area contributed by atoms with Gasteiger partial charge in [0, 0.05) is 0 Å². The maximum absolute atomic E-state index is 2.64. The summed E-state index contributed by atoms with van der Waals surface area (Å²) >= 11 is -2.15. The monoisotopic (exact) mass is 712 g/mol. The van der Waals surface area contributed by atoms with Crippen molar-refractivity contribution in [3.8, 4) is 22.3 Å². The van der Waals surface area contributed by atoms with E-state index < -0.39 is 25.8 Å². The number of hydrogen-bond donors (Lipinski definition) is 0. The van der Waals surface area contributed by atoms with Crippen LogP contribution in [0, 0.1) is 5.92 Å². The van der Waals surface area contributed by atoms with Gasteiger partial charge in [-0.25, -0.2) is 0 Å². The number of fused-ring (bicyclic) bond motifs is 2. The Labute approximate surface area is 286 Å². The Kier molecular flexibility index (Phi) is 11.0. The molecule has 0 radical (unpaired) electrons. The topological polar surface area (TPSA) is 0 Å². The maximum atomic E-state index is 2.64. The van der Waals surface area contributed by atoms with E-state index in [1.54, 1.807) is 22.3 Å². The van der Waals surface area contributed by atoms with Gasteiger partial charge in [-0.05, 0) is 0 Å². The normalized spacial score (nSPS) is 16.5. The van der Waals surface area contributed by atoms with E-state index >= 15 is 0 Å². The Morgan fingerprint density at radius 3 is 1.68 bits per heavy atom. The second-order valence-electron chi connectivity index (χ2n) is 13.8. The van der Waals surface area contributed by atoms with E-state index in [1.165, 1.54) is 38.9 Å². The minimum absolute atomic E-state index is 0. The number of benzene rings is 4. The van der Waals surface area contributed by atoms with E-state index in [-0.39, 0.29) is 30.2 Å². The first-order valence-corrected chi connectivity index (χ1v) is 24.6. The maximum Gasteiger partial charge on any atom is -1.00 e. The van der Waals surface area contributed by atoms with Crippen LogP contribution in [0.25, 0.3) is 34.4 Å². The molecular formula is C40H44Cl2SiZr. The van der Waals surface area contributed by atoms with E-state index in [4.69, 9.17) is 0 Å². The van der Waals surface area contributed by atoms with Gasteiger partial charge in [-0.3, -0.25) is 0 Å². The fourth-order valence-electron chi connectivity index (χ4n) is 7.25. The summed E-state index contributed by atoms with van der Waals surface area (Å²) in [5.41, 5.74) is 16.1. The average molecular weight is 715 g/mol. The van der Waals surface area contributed by atoms with Crippen molar-refractivity contribution in [3.05, 3.63) is 130 Å². The van der Waals surface area contributed by atoms with E-state index in [0.29, 0.717) is 13.2 Å². The van der Waals surface area contributed by atoms with Crippen molar-refractivity contribution in [1.29, 1.82) is 0 Å². The molecule has 2 atom stereocenters. The van der Waals surface area contributed by atoms with Gasteiger partial charge in [-0.15, -0.1) is 0 Å². The molecule has 0 bridgehead atoms. The summed E-state index contributed by atoms with van der Waals surface area (Å²) in [5, 5.41) is 0. The van der Waals surface area contributed by atoms with Crippen molar-refractivity contribution in [2.45, 2.75) is 67.3 Å². The molecule has 0 amide bonds. The van der Waals surface area contributed by atoms with Gasteiger partial charge < -0.3 is 24.8 Å². The smallest absolute Gasteiger partial charge is 1.00 e. The molecule has 2 aliphatic carbocycles. The van der Waals surface area contributed by atoms with Crippen LogP contribution < -0.4 is 24.8 Å². The van der Waals surface area contributed by atoms with Crippen LogP contribution in [0.15, 0.2) is 102 Å². The molecule has 0 nitrogen and oxygen atoms in total. The summed E-state index contributed by atoms with van der Waals surface area (Å²) in [6, 6.07) is 34.7. The Morgan fingerprint density at radius 1 is 0.636 bits per heavy atom. The molecule has 0 spiro atoms. The van der Waals surface area contributed by atoms with Crippen molar-refractivity contribution < 1.29 is 45.2 Å². The molecule has 226 valence electrons. The minimum Gasteiger partial charge on any atom is -1.00 e. The molecule has 2 unspecified atom stereocenters. The van der Waals surface area contributed by atoms with Crippen molar-refractivity contribution >= 4 is 17.6 Å². The fraction of sp³-hybridized carbons (Fsp3) is 0.300. The predicted molar refractivity (Wildman–Crippen MR) is 182 cm³/mol. The third-order valence-electron chi connectivity index (χ3n) is 9.39. The summed E-state index contributed by atoms with van der Waals surface area (Å²) in [7, 11) is 0. The van der Waals surface area contributed by atoms with Crippen LogP contribution in [0.3, 0.4) is 0 Å². The summed E-state index contributed by atoms with van der Waals surface area (Å²) < 4.78 is 1.28. The van der Waals surface area contributed by atoms with Crippen molar-refractivity contribution in [1.82, 2.24) is 0 Å². The molecule has 0 N–H and O–H groups in total. The molecule has 0 aromatic heterocycles. The molecule has 4 heteroatoms. The molecule has 0 fully saturated rings. The first-order valence-electron chi connectivity index (χ1n) is 15.6. The number of rotatable bonds is 5. The van der Waals surface area contributed by atoms with Crippen molar-refractivity contribution in [3.63, 3.8) is 0 Å². The Morgan fingerprint density at radius 2 is 1.16 bits per heavy atom. The van der Waals surface area contributed by atoms with Gasteiger partial charge in [0.15, 0.2) is 0 Å². The quantitative estimate of drug-likeness (QED) is 0.242. The molecule has 0 aliphatic heterocycles. The average Bonchev–Trinajstić information content (AvgIpc) is 3.51. The molecule has 6 rings (SSSR count). The van der Waals surface area contributed by atoms with Gasteiger partial charge in [-0.2, -0.15) is 0 Å². The van der Waals surface area contributed by atoms with Crippen LogP contribution >= 0.6 is 0 Å². The number of allylic oxidation sites excluding steroid dienone is 2. The van der Waals surface area contributed by atoms with E-state index in [2.05, 4.69) is 158 Å². The van der Waals surface area contributed by atoms with Crippen LogP contribution in [0.5, 0.6) is 0 Å². The molecule has 0 saturated carbocycles. The summed E-state index contributed by atoms with van der Waals surface area (Å²) in [6.45, 7) is 19.5. The van der Waals surface area contributed by atoms with Crippen LogP contribution in [0.1, 0.15) is 76.6 Å². The van der Waals surface area contributed by atoms with Gasteiger partial charge in [0.2, 0.25) is 0 Å². The Balaban J connectivity index is 0.00000221. The molecule has 4 aromatic rings. The SMILES string of the molecule is CC1=Cc2c(-c3ccc(C(C)(C)C)cc3)cccc2[CH]1[Zr+2]([CH]1C(C(C)C)=Cc2c(-c3ccccc3)cccc21)=[Si](C)C.[Cl-].[Cl-]. The van der Waals surface area contributed by atoms with Crippen LogP contribution in [0.2, 0.25) is 13.1 Å². The third kappa shape index (κ3) is 6.35. The first kappa shape index (κ1) is 34.9. The summed E-state index contributed by atoms with van der Waals surface area (Å²) in [6.07, 6.45) is 5.17. The molecule has 0 saturated heterocycles. The van der Waals surface area contributed by atoms with Gasteiger partial charge in [0.05, 0.1) is 0 Å². The summed E-state index contributed by atoms with van der Waals surface area (Å²) in [5.74, 6) is 0.556. The number of hydrogen-bond acceptors (Lipinski definition) is 0. The standard InChI is InChI=1S/C20H21.C18H17.C2H6Si.2ClH.Zr/c1-14-12-16-6-5-7-18(19(16)13-14)15-8-10-17(11-9-15)20(2,3)4;1-13(2)16-11-15-9-6-10-17(18(15)12-16)14-7-4-3-5-8-14;1-3-2;;;/h5-13H,1-4H3;3-13H,1-2H3;1-2H3;2*1H;/q;;;;;+2/p-2. The van der Waals surface area contributed by atoms with Gasteiger partial charge in [0.1, 0.15) is 0 Å².